The Bertz CT molecular complexity index is 561. The van der Waals surface area contributed by atoms with Crippen LogP contribution in [0.4, 0.5) is 0 Å². The monoisotopic (exact) mass is 366 g/mol. The highest BCUT2D eigenvalue weighted by Gasteiger charge is 2.64. The quantitative estimate of drug-likeness (QED) is 0.600. The third-order valence-corrected chi connectivity index (χ3v) is 5.11. The van der Waals surface area contributed by atoms with Gasteiger partial charge in [0.2, 0.25) is 0 Å². The largest absolute Gasteiger partial charge is 0.374 e. The van der Waals surface area contributed by atoms with Gasteiger partial charge in [-0.2, -0.15) is 0 Å². The van der Waals surface area contributed by atoms with Crippen LogP contribution < -0.4 is 0 Å². The van der Waals surface area contributed by atoms with Crippen molar-refractivity contribution in [2.24, 2.45) is 29.6 Å². The standard InChI is InChI=1S/C21H34O5/c1-12(2)7-9-15-19(24)18(16(22)11-14(5)6)20(25)21(15,26)17(23)10-8-13(3)4/h12-15,18,26H,7-11H2,1-6H3/t15-,18?,21+/m1/s1. The zero-order valence-corrected chi connectivity index (χ0v) is 17.0. The molecule has 0 heterocycles. The SMILES string of the molecule is CC(C)CCC(=O)[C@]1(O)C(=O)C(C(=O)CC(C)C)C(=O)[C@H]1CCC(C)C. The molecular formula is C21H34O5. The van der Waals surface area contributed by atoms with Crippen LogP contribution in [0.15, 0.2) is 0 Å². The van der Waals surface area contributed by atoms with E-state index >= 15 is 0 Å². The van der Waals surface area contributed by atoms with E-state index in [1.54, 1.807) is 0 Å². The van der Waals surface area contributed by atoms with Crippen LogP contribution in [0, 0.1) is 29.6 Å². The van der Waals surface area contributed by atoms with Crippen molar-refractivity contribution in [2.75, 3.05) is 0 Å². The molecule has 3 atom stereocenters. The van der Waals surface area contributed by atoms with Crippen molar-refractivity contribution in [1.29, 1.82) is 0 Å². The van der Waals surface area contributed by atoms with Crippen LogP contribution in [-0.4, -0.2) is 33.8 Å². The van der Waals surface area contributed by atoms with Crippen LogP contribution in [0.25, 0.3) is 0 Å². The minimum Gasteiger partial charge on any atom is -0.374 e. The summed E-state index contributed by atoms with van der Waals surface area (Å²) in [4.78, 5) is 51.0. The van der Waals surface area contributed by atoms with E-state index in [1.807, 2.05) is 41.5 Å². The van der Waals surface area contributed by atoms with Gasteiger partial charge in [-0.25, -0.2) is 0 Å². The molecule has 0 spiro atoms. The molecule has 1 rings (SSSR count). The number of hydrogen-bond acceptors (Lipinski definition) is 5. The highest BCUT2D eigenvalue weighted by Crippen LogP contribution is 2.40. The second-order valence-electron chi connectivity index (χ2n) is 8.91. The summed E-state index contributed by atoms with van der Waals surface area (Å²) in [6, 6.07) is 0. The van der Waals surface area contributed by atoms with Gasteiger partial charge in [0.05, 0.1) is 5.92 Å². The molecule has 26 heavy (non-hydrogen) atoms. The lowest BCUT2D eigenvalue weighted by atomic mass is 9.79. The first-order valence-corrected chi connectivity index (χ1v) is 9.79. The Morgan fingerprint density at radius 1 is 0.962 bits per heavy atom. The maximum atomic E-state index is 12.9. The van der Waals surface area contributed by atoms with Gasteiger partial charge in [-0.15, -0.1) is 0 Å². The second kappa shape index (κ2) is 9.03. The third-order valence-electron chi connectivity index (χ3n) is 5.11. The molecule has 0 bridgehead atoms. The van der Waals surface area contributed by atoms with Gasteiger partial charge in [-0.1, -0.05) is 48.0 Å². The normalized spacial score (nSPS) is 26.4. The van der Waals surface area contributed by atoms with Gasteiger partial charge in [-0.05, 0) is 30.6 Å². The molecule has 148 valence electrons. The zero-order chi connectivity index (χ0) is 20.2. The molecule has 1 aliphatic rings. The number of carbonyl (C=O) groups is 4. The highest BCUT2D eigenvalue weighted by atomic mass is 16.3. The number of Topliss-reactive ketones (excluding diaryl/α,β-unsaturated/α-hetero) is 4. The molecule has 1 fully saturated rings. The van der Waals surface area contributed by atoms with Crippen molar-refractivity contribution >= 4 is 23.1 Å². The van der Waals surface area contributed by atoms with E-state index in [4.69, 9.17) is 0 Å². The average Bonchev–Trinajstić information content (AvgIpc) is 2.69. The lowest BCUT2D eigenvalue weighted by molar-refractivity contribution is -0.154. The lowest BCUT2D eigenvalue weighted by Crippen LogP contribution is -2.50. The molecule has 0 radical (unpaired) electrons. The number of ketones is 4. The van der Waals surface area contributed by atoms with Gasteiger partial charge in [0.1, 0.15) is 5.92 Å². The Balaban J connectivity index is 3.19. The fraction of sp³-hybridized carbons (Fsp3) is 0.810. The van der Waals surface area contributed by atoms with Crippen LogP contribution in [0.2, 0.25) is 0 Å². The molecule has 5 heteroatoms. The molecular weight excluding hydrogens is 332 g/mol. The maximum Gasteiger partial charge on any atom is 0.192 e. The first kappa shape index (κ1) is 22.7. The van der Waals surface area contributed by atoms with Crippen molar-refractivity contribution < 1.29 is 24.3 Å². The molecule has 5 nitrogen and oxygen atoms in total. The second-order valence-corrected chi connectivity index (χ2v) is 8.91. The Labute approximate surface area is 156 Å². The molecule has 0 aromatic rings. The first-order chi connectivity index (χ1) is 11.9. The molecule has 0 aromatic carbocycles. The average molecular weight is 366 g/mol. The van der Waals surface area contributed by atoms with Gasteiger partial charge >= 0.3 is 0 Å². The smallest absolute Gasteiger partial charge is 0.192 e. The summed E-state index contributed by atoms with van der Waals surface area (Å²) in [5.41, 5.74) is -2.34. The Hall–Kier alpha value is -1.36. The van der Waals surface area contributed by atoms with Crippen LogP contribution in [0.5, 0.6) is 0 Å². The summed E-state index contributed by atoms with van der Waals surface area (Å²) >= 11 is 0. The molecule has 0 aliphatic heterocycles. The van der Waals surface area contributed by atoms with Crippen molar-refractivity contribution in [2.45, 2.75) is 79.2 Å². The Morgan fingerprint density at radius 3 is 1.96 bits per heavy atom. The summed E-state index contributed by atoms with van der Waals surface area (Å²) in [6.07, 6.45) is 1.52. The van der Waals surface area contributed by atoms with E-state index in [1.165, 1.54) is 0 Å². The zero-order valence-electron chi connectivity index (χ0n) is 17.0. The van der Waals surface area contributed by atoms with Gasteiger partial charge < -0.3 is 5.11 Å². The Kier molecular flexibility index (Phi) is 7.87. The number of hydrogen-bond donors (Lipinski definition) is 1. The molecule has 0 aromatic heterocycles. The summed E-state index contributed by atoms with van der Waals surface area (Å²) in [5.74, 6) is -4.63. The first-order valence-electron chi connectivity index (χ1n) is 9.79. The lowest BCUT2D eigenvalue weighted by Gasteiger charge is -2.26. The van der Waals surface area contributed by atoms with E-state index in [0.717, 1.165) is 0 Å². The highest BCUT2D eigenvalue weighted by molar-refractivity contribution is 6.33. The molecule has 0 amide bonds. The minimum absolute atomic E-state index is 0.00236. The Morgan fingerprint density at radius 2 is 1.50 bits per heavy atom. The molecule has 1 aliphatic carbocycles. The van der Waals surface area contributed by atoms with Gasteiger partial charge in [-0.3, -0.25) is 19.2 Å². The van der Waals surface area contributed by atoms with Crippen molar-refractivity contribution in [3.8, 4) is 0 Å². The molecule has 1 saturated carbocycles. The predicted octanol–water partition coefficient (Wildman–Crippen LogP) is 3.16. The van der Waals surface area contributed by atoms with E-state index in [-0.39, 0.29) is 37.0 Å². The number of rotatable bonds is 10. The molecule has 1 unspecified atom stereocenters. The maximum absolute atomic E-state index is 12.9. The number of carbonyl (C=O) groups excluding carboxylic acids is 4. The van der Waals surface area contributed by atoms with E-state index in [0.29, 0.717) is 12.8 Å². The van der Waals surface area contributed by atoms with Gasteiger partial charge in [0.25, 0.3) is 0 Å². The third kappa shape index (κ3) is 4.87. The fourth-order valence-corrected chi connectivity index (χ4v) is 3.55. The van der Waals surface area contributed by atoms with Gasteiger partial charge in [0, 0.05) is 12.8 Å². The fourth-order valence-electron chi connectivity index (χ4n) is 3.55. The van der Waals surface area contributed by atoms with Crippen LogP contribution >= 0.6 is 0 Å². The van der Waals surface area contributed by atoms with Gasteiger partial charge in [0.15, 0.2) is 28.7 Å². The number of aliphatic hydroxyl groups is 1. The topological polar surface area (TPSA) is 88.5 Å². The summed E-state index contributed by atoms with van der Waals surface area (Å²) in [5, 5.41) is 11.1. The van der Waals surface area contributed by atoms with Crippen LogP contribution in [0.3, 0.4) is 0 Å². The van der Waals surface area contributed by atoms with E-state index < -0.39 is 40.6 Å². The summed E-state index contributed by atoms with van der Waals surface area (Å²) in [6.45, 7) is 11.5. The van der Waals surface area contributed by atoms with E-state index in [9.17, 15) is 24.3 Å². The van der Waals surface area contributed by atoms with Crippen LogP contribution in [-0.2, 0) is 19.2 Å². The van der Waals surface area contributed by atoms with Crippen molar-refractivity contribution in [3.63, 3.8) is 0 Å². The van der Waals surface area contributed by atoms with Crippen LogP contribution in [0.1, 0.15) is 73.6 Å². The summed E-state index contributed by atoms with van der Waals surface area (Å²) < 4.78 is 0. The minimum atomic E-state index is -2.34. The van der Waals surface area contributed by atoms with Crippen molar-refractivity contribution in [3.05, 3.63) is 0 Å². The van der Waals surface area contributed by atoms with E-state index in [2.05, 4.69) is 0 Å². The molecule has 1 N–H and O–H groups in total. The van der Waals surface area contributed by atoms with Crippen molar-refractivity contribution in [1.82, 2.24) is 0 Å². The predicted molar refractivity (Wildman–Crippen MR) is 99.6 cm³/mol. The molecule has 0 saturated heterocycles. The summed E-state index contributed by atoms with van der Waals surface area (Å²) in [7, 11) is 0.